The van der Waals surface area contributed by atoms with Gasteiger partial charge in [0.1, 0.15) is 5.82 Å². The van der Waals surface area contributed by atoms with Crippen LogP contribution in [0.4, 0.5) is 4.39 Å². The molecule has 1 N–H and O–H groups in total. The van der Waals surface area contributed by atoms with Crippen molar-refractivity contribution < 1.29 is 9.13 Å². The molecule has 1 aliphatic rings. The zero-order chi connectivity index (χ0) is 14.7. The summed E-state index contributed by atoms with van der Waals surface area (Å²) in [7, 11) is 0. The Bertz CT molecular complexity index is 466. The highest BCUT2D eigenvalue weighted by Crippen LogP contribution is 2.38. The van der Waals surface area contributed by atoms with E-state index < -0.39 is 0 Å². The molecular weight excluding hydrogens is 277 g/mol. The second kappa shape index (κ2) is 6.88. The molecule has 1 aliphatic heterocycles. The average molecular weight is 300 g/mol. The van der Waals surface area contributed by atoms with Gasteiger partial charge in [0.05, 0.1) is 6.10 Å². The number of aryl methyl sites for hydroxylation is 1. The van der Waals surface area contributed by atoms with Crippen LogP contribution < -0.4 is 5.32 Å². The number of hydrogen-bond acceptors (Lipinski definition) is 2. The lowest BCUT2D eigenvalue weighted by atomic mass is 9.86. The highest BCUT2D eigenvalue weighted by molar-refractivity contribution is 6.31. The van der Waals surface area contributed by atoms with E-state index in [2.05, 4.69) is 19.2 Å². The SMILES string of the molecule is CCNC(c1cc(C)c(F)cc1Cl)C1CCOC1CC. The van der Waals surface area contributed by atoms with Gasteiger partial charge in [0.2, 0.25) is 0 Å². The van der Waals surface area contributed by atoms with Gasteiger partial charge in [-0.25, -0.2) is 4.39 Å². The molecule has 0 bridgehead atoms. The van der Waals surface area contributed by atoms with Crippen LogP contribution in [0.2, 0.25) is 5.02 Å². The van der Waals surface area contributed by atoms with Gasteiger partial charge in [-0.3, -0.25) is 0 Å². The van der Waals surface area contributed by atoms with Crippen molar-refractivity contribution in [2.24, 2.45) is 5.92 Å². The first-order valence-corrected chi connectivity index (χ1v) is 7.76. The number of hydrogen-bond donors (Lipinski definition) is 1. The largest absolute Gasteiger partial charge is 0.378 e. The van der Waals surface area contributed by atoms with Crippen LogP contribution in [0.1, 0.15) is 43.9 Å². The van der Waals surface area contributed by atoms with E-state index in [0.29, 0.717) is 16.5 Å². The van der Waals surface area contributed by atoms with Gasteiger partial charge in [0.15, 0.2) is 0 Å². The van der Waals surface area contributed by atoms with E-state index in [9.17, 15) is 4.39 Å². The highest BCUT2D eigenvalue weighted by Gasteiger charge is 2.35. The number of nitrogens with one attached hydrogen (secondary N) is 1. The van der Waals surface area contributed by atoms with Gasteiger partial charge >= 0.3 is 0 Å². The molecule has 3 unspecified atom stereocenters. The predicted molar refractivity (Wildman–Crippen MR) is 80.7 cm³/mol. The van der Waals surface area contributed by atoms with E-state index in [0.717, 1.165) is 31.6 Å². The second-order valence-corrected chi connectivity index (χ2v) is 5.84. The van der Waals surface area contributed by atoms with Gasteiger partial charge in [-0.1, -0.05) is 31.5 Å². The maximum absolute atomic E-state index is 13.6. The third-order valence-corrected chi connectivity index (χ3v) is 4.46. The van der Waals surface area contributed by atoms with Gasteiger partial charge in [0.25, 0.3) is 0 Å². The molecule has 0 radical (unpaired) electrons. The van der Waals surface area contributed by atoms with Gasteiger partial charge in [-0.05, 0) is 43.5 Å². The molecule has 20 heavy (non-hydrogen) atoms. The van der Waals surface area contributed by atoms with Crippen molar-refractivity contribution in [1.82, 2.24) is 5.32 Å². The Hall–Kier alpha value is -0.640. The Labute approximate surface area is 125 Å². The van der Waals surface area contributed by atoms with E-state index >= 15 is 0 Å². The van der Waals surface area contributed by atoms with E-state index in [4.69, 9.17) is 16.3 Å². The van der Waals surface area contributed by atoms with E-state index in [1.807, 2.05) is 6.07 Å². The first kappa shape index (κ1) is 15.7. The molecule has 0 aliphatic carbocycles. The van der Waals surface area contributed by atoms with Crippen LogP contribution in [0.5, 0.6) is 0 Å². The third-order valence-electron chi connectivity index (χ3n) is 4.13. The van der Waals surface area contributed by atoms with E-state index in [-0.39, 0.29) is 18.0 Å². The molecule has 2 rings (SSSR count). The monoisotopic (exact) mass is 299 g/mol. The van der Waals surface area contributed by atoms with E-state index in [1.165, 1.54) is 6.07 Å². The summed E-state index contributed by atoms with van der Waals surface area (Å²) in [6.07, 6.45) is 2.26. The Kier molecular flexibility index (Phi) is 5.42. The summed E-state index contributed by atoms with van der Waals surface area (Å²) in [6.45, 7) is 7.64. The normalized spacial score (nSPS) is 24.1. The maximum Gasteiger partial charge on any atom is 0.127 e. The number of halogens is 2. The topological polar surface area (TPSA) is 21.3 Å². The predicted octanol–water partition coefficient (Wildman–Crippen LogP) is 4.25. The Morgan fingerprint density at radius 1 is 1.45 bits per heavy atom. The standard InChI is InChI=1S/C16H23ClFNO/c1-4-15-11(6-7-20-15)16(19-5-2)12-8-10(3)14(18)9-13(12)17/h8-9,11,15-16,19H,4-7H2,1-3H3. The van der Waals surface area contributed by atoms with Crippen molar-refractivity contribution in [1.29, 1.82) is 0 Å². The van der Waals surface area contributed by atoms with Gasteiger partial charge in [0, 0.05) is 23.6 Å². The Morgan fingerprint density at radius 3 is 2.85 bits per heavy atom. The van der Waals surface area contributed by atoms with Crippen LogP contribution in [0.3, 0.4) is 0 Å². The molecule has 1 aromatic rings. The molecule has 1 fully saturated rings. The van der Waals surface area contributed by atoms with Crippen LogP contribution in [0, 0.1) is 18.7 Å². The average Bonchev–Trinajstić information content (AvgIpc) is 2.88. The summed E-state index contributed by atoms with van der Waals surface area (Å²) in [5.74, 6) is 0.144. The lowest BCUT2D eigenvalue weighted by molar-refractivity contribution is 0.0776. The molecule has 2 nitrogen and oxygen atoms in total. The minimum absolute atomic E-state index is 0.124. The van der Waals surface area contributed by atoms with E-state index in [1.54, 1.807) is 6.92 Å². The molecule has 0 spiro atoms. The summed E-state index contributed by atoms with van der Waals surface area (Å²) >= 11 is 6.28. The first-order chi connectivity index (χ1) is 9.58. The van der Waals surface area contributed by atoms with Gasteiger partial charge < -0.3 is 10.1 Å². The van der Waals surface area contributed by atoms with Crippen molar-refractivity contribution in [3.63, 3.8) is 0 Å². The van der Waals surface area contributed by atoms with Crippen LogP contribution in [0.25, 0.3) is 0 Å². The minimum Gasteiger partial charge on any atom is -0.378 e. The summed E-state index contributed by atoms with van der Waals surface area (Å²) in [5, 5.41) is 4.01. The van der Waals surface area contributed by atoms with Gasteiger partial charge in [-0.15, -0.1) is 0 Å². The molecule has 1 heterocycles. The molecule has 1 saturated heterocycles. The number of ether oxygens (including phenoxy) is 1. The van der Waals surface area contributed by atoms with Crippen molar-refractivity contribution >= 4 is 11.6 Å². The summed E-state index contributed by atoms with van der Waals surface area (Å²) < 4.78 is 19.4. The van der Waals surface area contributed by atoms with Gasteiger partial charge in [-0.2, -0.15) is 0 Å². The first-order valence-electron chi connectivity index (χ1n) is 7.39. The molecule has 4 heteroatoms. The van der Waals surface area contributed by atoms with Crippen LogP contribution in [0.15, 0.2) is 12.1 Å². The summed E-state index contributed by atoms with van der Waals surface area (Å²) in [5.41, 5.74) is 1.63. The quantitative estimate of drug-likeness (QED) is 0.877. The van der Waals surface area contributed by atoms with Crippen molar-refractivity contribution in [3.05, 3.63) is 34.1 Å². The molecule has 0 amide bonds. The molecule has 0 saturated carbocycles. The minimum atomic E-state index is -0.247. The smallest absolute Gasteiger partial charge is 0.127 e. The van der Waals surface area contributed by atoms with Crippen LogP contribution in [-0.4, -0.2) is 19.3 Å². The highest BCUT2D eigenvalue weighted by atomic mass is 35.5. The lowest BCUT2D eigenvalue weighted by Gasteiger charge is -2.29. The zero-order valence-corrected chi connectivity index (χ0v) is 13.1. The molecular formula is C16H23ClFNO. The van der Waals surface area contributed by atoms with Crippen molar-refractivity contribution in [2.45, 2.75) is 45.8 Å². The van der Waals surface area contributed by atoms with Crippen LogP contribution in [-0.2, 0) is 4.74 Å². The number of rotatable bonds is 5. The Balaban J connectivity index is 2.35. The molecule has 112 valence electrons. The Morgan fingerprint density at radius 2 is 2.20 bits per heavy atom. The molecule has 3 atom stereocenters. The maximum atomic E-state index is 13.6. The van der Waals surface area contributed by atoms with Crippen molar-refractivity contribution in [3.8, 4) is 0 Å². The van der Waals surface area contributed by atoms with Crippen molar-refractivity contribution in [2.75, 3.05) is 13.2 Å². The molecule has 1 aromatic carbocycles. The number of benzene rings is 1. The lowest BCUT2D eigenvalue weighted by Crippen LogP contribution is -2.33. The molecule has 0 aromatic heterocycles. The zero-order valence-electron chi connectivity index (χ0n) is 12.4. The second-order valence-electron chi connectivity index (χ2n) is 5.43. The fraction of sp³-hybridized carbons (Fsp3) is 0.625. The van der Waals surface area contributed by atoms with Crippen LogP contribution >= 0.6 is 11.6 Å². The third kappa shape index (κ3) is 3.16. The fourth-order valence-electron chi connectivity index (χ4n) is 3.10. The summed E-state index contributed by atoms with van der Waals surface area (Å²) in [6, 6.07) is 3.42. The summed E-state index contributed by atoms with van der Waals surface area (Å²) in [4.78, 5) is 0. The fourth-order valence-corrected chi connectivity index (χ4v) is 3.36.